The first kappa shape index (κ1) is 22.0. The van der Waals surface area contributed by atoms with Crippen molar-refractivity contribution in [3.8, 4) is 11.5 Å². The predicted molar refractivity (Wildman–Crippen MR) is 109 cm³/mol. The number of aromatic nitrogens is 6. The number of rotatable bonds is 5. The van der Waals surface area contributed by atoms with Crippen LogP contribution in [0.25, 0.3) is 28.1 Å². The second-order valence-corrected chi connectivity index (χ2v) is 6.28. The summed E-state index contributed by atoms with van der Waals surface area (Å²) >= 11 is 0. The first-order valence-electron chi connectivity index (χ1n) is 9.62. The molecule has 3 aromatic heterocycles. The van der Waals surface area contributed by atoms with Gasteiger partial charge < -0.3 is 11.1 Å². The lowest BCUT2D eigenvalue weighted by molar-refractivity contribution is -0.136. The number of anilines is 1. The van der Waals surface area contributed by atoms with Crippen molar-refractivity contribution in [2.45, 2.75) is 39.4 Å². The number of benzene rings is 1. The third-order valence-corrected chi connectivity index (χ3v) is 4.40. The van der Waals surface area contributed by atoms with E-state index in [0.717, 1.165) is 6.07 Å². The van der Waals surface area contributed by atoms with E-state index in [-0.39, 0.29) is 28.3 Å². The van der Waals surface area contributed by atoms with Crippen molar-refractivity contribution in [2.75, 3.05) is 5.32 Å². The van der Waals surface area contributed by atoms with Crippen LogP contribution in [0.2, 0.25) is 0 Å². The molecular weight excluding hydrogens is 413 g/mol. The van der Waals surface area contributed by atoms with Crippen LogP contribution in [0.4, 0.5) is 19.1 Å². The van der Waals surface area contributed by atoms with E-state index in [1.807, 2.05) is 13.8 Å². The van der Waals surface area contributed by atoms with Crippen LogP contribution in [-0.2, 0) is 11.0 Å². The first-order valence-corrected chi connectivity index (χ1v) is 9.62. The zero-order valence-electron chi connectivity index (χ0n) is 17.0. The molecule has 0 radical (unpaired) electrons. The number of aromatic amines is 1. The number of alkyl halides is 3. The summed E-state index contributed by atoms with van der Waals surface area (Å²) in [6.07, 6.45) is -2.82. The van der Waals surface area contributed by atoms with Crippen LogP contribution in [0.1, 0.15) is 32.8 Å². The maximum absolute atomic E-state index is 13.5. The molecule has 3 heterocycles. The number of nitrogens with two attached hydrogens (primary N) is 1. The quantitative estimate of drug-likeness (QED) is 0.442. The SMILES string of the molecule is CC.CCC(Nc1nc2c(C(F)(F)F)cccc2c2nc(-c3ccn[nH]3)nn12)C(N)=O. The van der Waals surface area contributed by atoms with Gasteiger partial charge in [-0.2, -0.15) is 22.8 Å². The zero-order valence-corrected chi connectivity index (χ0v) is 17.0. The molecule has 12 heteroatoms. The van der Waals surface area contributed by atoms with E-state index in [4.69, 9.17) is 5.73 Å². The summed E-state index contributed by atoms with van der Waals surface area (Å²) in [4.78, 5) is 20.1. The topological polar surface area (TPSA) is 127 Å². The molecule has 9 nitrogen and oxygen atoms in total. The summed E-state index contributed by atoms with van der Waals surface area (Å²) in [5, 5.41) is 13.8. The largest absolute Gasteiger partial charge is 0.418 e. The summed E-state index contributed by atoms with van der Waals surface area (Å²) in [5.74, 6) is -0.530. The van der Waals surface area contributed by atoms with Crippen molar-refractivity contribution >= 4 is 28.4 Å². The van der Waals surface area contributed by atoms with E-state index in [2.05, 4.69) is 30.6 Å². The van der Waals surface area contributed by atoms with Crippen LogP contribution in [0.3, 0.4) is 0 Å². The maximum atomic E-state index is 13.5. The van der Waals surface area contributed by atoms with E-state index < -0.39 is 23.7 Å². The van der Waals surface area contributed by atoms with Gasteiger partial charge in [0.2, 0.25) is 11.9 Å². The monoisotopic (exact) mass is 434 g/mol. The number of para-hydroxylation sites is 1. The number of nitrogens with one attached hydrogen (secondary N) is 2. The van der Waals surface area contributed by atoms with E-state index in [1.165, 1.54) is 22.8 Å². The van der Waals surface area contributed by atoms with E-state index in [9.17, 15) is 18.0 Å². The maximum Gasteiger partial charge on any atom is 0.418 e. The van der Waals surface area contributed by atoms with E-state index >= 15 is 0 Å². The van der Waals surface area contributed by atoms with Gasteiger partial charge in [-0.15, -0.1) is 5.10 Å². The Hall–Kier alpha value is -3.70. The van der Waals surface area contributed by atoms with Crippen molar-refractivity contribution in [3.63, 3.8) is 0 Å². The summed E-state index contributed by atoms with van der Waals surface area (Å²) in [6, 6.07) is 4.47. The number of fused-ring (bicyclic) bond motifs is 3. The van der Waals surface area contributed by atoms with Crippen LogP contribution in [0.5, 0.6) is 0 Å². The van der Waals surface area contributed by atoms with Crippen LogP contribution >= 0.6 is 0 Å². The number of hydrogen-bond donors (Lipinski definition) is 3. The van der Waals surface area contributed by atoms with Gasteiger partial charge in [0.1, 0.15) is 11.7 Å². The Kier molecular flexibility index (Phi) is 6.09. The third-order valence-electron chi connectivity index (χ3n) is 4.40. The Labute approximate surface area is 174 Å². The van der Waals surface area contributed by atoms with Crippen molar-refractivity contribution in [1.29, 1.82) is 0 Å². The molecule has 4 N–H and O–H groups in total. The molecule has 1 unspecified atom stereocenters. The Balaban J connectivity index is 0.00000132. The molecule has 0 bridgehead atoms. The fourth-order valence-corrected chi connectivity index (χ4v) is 2.98. The molecule has 0 saturated carbocycles. The smallest absolute Gasteiger partial charge is 0.368 e. The van der Waals surface area contributed by atoms with Crippen LogP contribution in [-0.4, -0.2) is 41.7 Å². The number of hydrogen-bond acceptors (Lipinski definition) is 6. The molecule has 1 atom stereocenters. The van der Waals surface area contributed by atoms with Gasteiger partial charge in [-0.3, -0.25) is 9.89 Å². The van der Waals surface area contributed by atoms with Crippen LogP contribution in [0, 0.1) is 0 Å². The molecule has 164 valence electrons. The molecule has 0 fully saturated rings. The Morgan fingerprint density at radius 2 is 2.00 bits per heavy atom. The fourth-order valence-electron chi connectivity index (χ4n) is 2.98. The number of primary amides is 1. The minimum Gasteiger partial charge on any atom is -0.368 e. The van der Waals surface area contributed by atoms with E-state index in [0.29, 0.717) is 12.1 Å². The van der Waals surface area contributed by atoms with Gasteiger partial charge in [-0.1, -0.05) is 26.8 Å². The van der Waals surface area contributed by atoms with Crippen molar-refractivity contribution in [1.82, 2.24) is 29.8 Å². The lowest BCUT2D eigenvalue weighted by Gasteiger charge is -2.16. The molecule has 31 heavy (non-hydrogen) atoms. The van der Waals surface area contributed by atoms with Crippen molar-refractivity contribution in [3.05, 3.63) is 36.0 Å². The molecule has 1 amide bonds. The average molecular weight is 434 g/mol. The molecule has 0 aliphatic heterocycles. The highest BCUT2D eigenvalue weighted by Crippen LogP contribution is 2.35. The zero-order chi connectivity index (χ0) is 22.8. The first-order chi connectivity index (χ1) is 14.8. The summed E-state index contributed by atoms with van der Waals surface area (Å²) < 4.78 is 41.9. The number of halogens is 3. The molecule has 0 spiro atoms. The molecule has 0 aliphatic carbocycles. The predicted octanol–water partition coefficient (Wildman–Crippen LogP) is 3.39. The summed E-state index contributed by atoms with van der Waals surface area (Å²) in [5.41, 5.74) is 4.76. The minimum absolute atomic E-state index is 0.0758. The standard InChI is InChI=1S/C17H15F3N8O.C2H6/c1-2-10(13(21)29)23-16-24-12-8(4-3-5-9(12)17(18,19)20)15-25-14(27-28(15)16)11-6-7-22-26-11;1-2/h3-7,10H,2H2,1H3,(H2,21,29)(H,22,26)(H,23,24);1-2H3. The molecule has 0 aliphatic rings. The molecule has 4 aromatic rings. The fraction of sp³-hybridized carbons (Fsp3) is 0.316. The molecular formula is C19H21F3N8O. The van der Waals surface area contributed by atoms with Gasteiger partial charge in [0.15, 0.2) is 11.5 Å². The molecule has 4 rings (SSSR count). The lowest BCUT2D eigenvalue weighted by Crippen LogP contribution is -2.35. The number of carbonyl (C=O) groups excluding carboxylic acids is 1. The Bertz CT molecular complexity index is 1200. The minimum atomic E-state index is -4.62. The normalized spacial score (nSPS) is 12.5. The third kappa shape index (κ3) is 4.13. The van der Waals surface area contributed by atoms with Crippen molar-refractivity contribution < 1.29 is 18.0 Å². The van der Waals surface area contributed by atoms with Gasteiger partial charge in [0, 0.05) is 11.6 Å². The number of H-pyrrole nitrogens is 1. The van der Waals surface area contributed by atoms with E-state index in [1.54, 1.807) is 13.0 Å². The second kappa shape index (κ2) is 8.58. The average Bonchev–Trinajstić information content (AvgIpc) is 3.41. The second-order valence-electron chi connectivity index (χ2n) is 6.28. The van der Waals surface area contributed by atoms with Gasteiger partial charge in [-0.05, 0) is 24.6 Å². The molecule has 1 aromatic carbocycles. The van der Waals surface area contributed by atoms with Gasteiger partial charge in [0.05, 0.1) is 11.1 Å². The highest BCUT2D eigenvalue weighted by Gasteiger charge is 2.34. The van der Waals surface area contributed by atoms with Gasteiger partial charge in [-0.25, -0.2) is 9.97 Å². The number of amides is 1. The highest BCUT2D eigenvalue weighted by molar-refractivity contribution is 5.95. The van der Waals surface area contributed by atoms with Crippen LogP contribution in [0.15, 0.2) is 30.5 Å². The summed E-state index contributed by atoms with van der Waals surface area (Å²) in [6.45, 7) is 5.71. The van der Waals surface area contributed by atoms with Crippen molar-refractivity contribution in [2.24, 2.45) is 5.73 Å². The van der Waals surface area contributed by atoms with Crippen LogP contribution < -0.4 is 11.1 Å². The highest BCUT2D eigenvalue weighted by atomic mass is 19.4. The number of nitrogens with zero attached hydrogens (tertiary/aromatic N) is 5. The lowest BCUT2D eigenvalue weighted by atomic mass is 10.1. The Morgan fingerprint density at radius 3 is 2.58 bits per heavy atom. The molecule has 0 saturated heterocycles. The summed E-state index contributed by atoms with van der Waals surface area (Å²) in [7, 11) is 0. The number of carbonyl (C=O) groups is 1. The van der Waals surface area contributed by atoms with Gasteiger partial charge in [0.25, 0.3) is 0 Å². The Morgan fingerprint density at radius 1 is 1.26 bits per heavy atom. The van der Waals surface area contributed by atoms with Gasteiger partial charge >= 0.3 is 6.18 Å².